The molecule has 0 heterocycles. The van der Waals surface area contributed by atoms with Gasteiger partial charge in [-0.2, -0.15) is 0 Å². The van der Waals surface area contributed by atoms with Gasteiger partial charge in [-0.3, -0.25) is 0 Å². The Kier molecular flexibility index (Phi) is 4.87. The molecule has 2 nitrogen and oxygen atoms in total. The maximum atomic E-state index is 13.0. The summed E-state index contributed by atoms with van der Waals surface area (Å²) in [4.78, 5) is 0. The number of ether oxygens (including phenoxy) is 1. The van der Waals surface area contributed by atoms with Crippen LogP contribution in [0.4, 0.5) is 8.78 Å². The monoisotopic (exact) mass is 243 g/mol. The Hall–Kier alpha value is -1.16. The Morgan fingerprint density at radius 1 is 1.29 bits per heavy atom. The van der Waals surface area contributed by atoms with E-state index in [9.17, 15) is 8.78 Å². The van der Waals surface area contributed by atoms with Crippen molar-refractivity contribution in [3.63, 3.8) is 0 Å². The summed E-state index contributed by atoms with van der Waals surface area (Å²) in [6.07, 6.45) is -2.45. The van der Waals surface area contributed by atoms with Gasteiger partial charge in [-0.15, -0.1) is 0 Å². The third-order valence-electron chi connectivity index (χ3n) is 2.92. The molecule has 96 valence electrons. The van der Waals surface area contributed by atoms with Crippen LogP contribution in [0, 0.1) is 13.8 Å². The van der Waals surface area contributed by atoms with Crippen molar-refractivity contribution >= 4 is 0 Å². The number of alkyl halides is 2. The minimum atomic E-state index is -2.45. The molecule has 1 unspecified atom stereocenters. The van der Waals surface area contributed by atoms with Gasteiger partial charge < -0.3 is 10.1 Å². The number of halogens is 2. The number of hydrogen-bond acceptors (Lipinski definition) is 2. The van der Waals surface area contributed by atoms with Crippen molar-refractivity contribution in [2.45, 2.75) is 33.2 Å². The second-order valence-corrected chi connectivity index (χ2v) is 4.00. The summed E-state index contributed by atoms with van der Waals surface area (Å²) in [5.41, 5.74) is 2.47. The van der Waals surface area contributed by atoms with Crippen molar-refractivity contribution in [3.8, 4) is 5.75 Å². The van der Waals surface area contributed by atoms with E-state index in [0.717, 1.165) is 11.1 Å². The molecule has 0 aromatic heterocycles. The Morgan fingerprint density at radius 3 is 2.41 bits per heavy atom. The summed E-state index contributed by atoms with van der Waals surface area (Å²) in [6, 6.07) is 2.58. The number of rotatable bonds is 5. The molecule has 1 aromatic carbocycles. The molecule has 0 aliphatic carbocycles. The highest BCUT2D eigenvalue weighted by Gasteiger charge is 2.25. The highest BCUT2D eigenvalue weighted by atomic mass is 19.3. The Labute approximate surface area is 101 Å². The van der Waals surface area contributed by atoms with Crippen LogP contribution in [0.15, 0.2) is 12.1 Å². The van der Waals surface area contributed by atoms with Crippen LogP contribution in [0.2, 0.25) is 0 Å². The van der Waals surface area contributed by atoms with Crippen molar-refractivity contribution in [3.05, 3.63) is 28.8 Å². The highest BCUT2D eigenvalue weighted by Crippen LogP contribution is 2.33. The van der Waals surface area contributed by atoms with E-state index in [4.69, 9.17) is 4.74 Å². The van der Waals surface area contributed by atoms with E-state index in [1.807, 2.05) is 26.8 Å². The third-order valence-corrected chi connectivity index (χ3v) is 2.92. The van der Waals surface area contributed by atoms with Crippen LogP contribution in [0.25, 0.3) is 0 Å². The van der Waals surface area contributed by atoms with E-state index in [1.54, 1.807) is 6.07 Å². The summed E-state index contributed by atoms with van der Waals surface area (Å²) in [5, 5.41) is 2.79. The quantitative estimate of drug-likeness (QED) is 0.857. The molecule has 0 aliphatic heterocycles. The molecule has 1 rings (SSSR count). The van der Waals surface area contributed by atoms with Crippen LogP contribution >= 0.6 is 0 Å². The second kappa shape index (κ2) is 5.96. The predicted octanol–water partition coefficient (Wildman–Crippen LogP) is 3.23. The summed E-state index contributed by atoms with van der Waals surface area (Å²) < 4.78 is 31.3. The van der Waals surface area contributed by atoms with Crippen LogP contribution in [0.5, 0.6) is 5.75 Å². The zero-order chi connectivity index (χ0) is 13.0. The van der Waals surface area contributed by atoms with E-state index in [0.29, 0.717) is 17.9 Å². The van der Waals surface area contributed by atoms with E-state index >= 15 is 0 Å². The number of aryl methyl sites for hydroxylation is 1. The zero-order valence-corrected chi connectivity index (χ0v) is 10.7. The average Bonchev–Trinajstić information content (AvgIpc) is 2.29. The van der Waals surface area contributed by atoms with Gasteiger partial charge in [-0.1, -0.05) is 19.1 Å². The lowest BCUT2D eigenvalue weighted by atomic mass is 9.99. The molecule has 0 bridgehead atoms. The largest absolute Gasteiger partial charge is 0.496 e. The molecule has 0 fully saturated rings. The molecule has 0 saturated heterocycles. The van der Waals surface area contributed by atoms with Gasteiger partial charge in [-0.25, -0.2) is 8.78 Å². The van der Waals surface area contributed by atoms with E-state index < -0.39 is 12.5 Å². The first-order valence-corrected chi connectivity index (χ1v) is 5.68. The molecule has 1 aromatic rings. The van der Waals surface area contributed by atoms with Crippen LogP contribution in [-0.2, 0) is 0 Å². The summed E-state index contributed by atoms with van der Waals surface area (Å²) in [7, 11) is 1.51. The fourth-order valence-electron chi connectivity index (χ4n) is 1.88. The van der Waals surface area contributed by atoms with Crippen molar-refractivity contribution in [1.29, 1.82) is 0 Å². The van der Waals surface area contributed by atoms with Crippen LogP contribution < -0.4 is 10.1 Å². The first-order valence-electron chi connectivity index (χ1n) is 5.68. The lowest BCUT2D eigenvalue weighted by Crippen LogP contribution is -2.27. The summed E-state index contributed by atoms with van der Waals surface area (Å²) in [5.74, 6) is 0.552. The number of benzene rings is 1. The lowest BCUT2D eigenvalue weighted by molar-refractivity contribution is 0.0979. The van der Waals surface area contributed by atoms with Crippen LogP contribution in [-0.4, -0.2) is 20.1 Å². The molecule has 0 spiro atoms. The van der Waals surface area contributed by atoms with Gasteiger partial charge in [0.15, 0.2) is 0 Å². The molecule has 0 radical (unpaired) electrons. The molecule has 17 heavy (non-hydrogen) atoms. The molecule has 1 N–H and O–H groups in total. The highest BCUT2D eigenvalue weighted by molar-refractivity contribution is 5.47. The fraction of sp³-hybridized carbons (Fsp3) is 0.538. The second-order valence-electron chi connectivity index (χ2n) is 4.00. The number of hydrogen-bond donors (Lipinski definition) is 1. The molecular weight excluding hydrogens is 224 g/mol. The standard InChI is InChI=1S/C13H19F2NO/c1-5-16-11(13(14)15)10-7-6-8(2)9(3)12(10)17-4/h6-7,11,13,16H,5H2,1-4H3. The normalized spacial score (nSPS) is 12.9. The van der Waals surface area contributed by atoms with Crippen LogP contribution in [0.1, 0.15) is 29.7 Å². The Balaban J connectivity index is 3.23. The SMILES string of the molecule is CCNC(c1ccc(C)c(C)c1OC)C(F)F. The number of methoxy groups -OCH3 is 1. The maximum absolute atomic E-state index is 13.0. The Morgan fingerprint density at radius 2 is 1.94 bits per heavy atom. The fourth-order valence-corrected chi connectivity index (χ4v) is 1.88. The van der Waals surface area contributed by atoms with Gasteiger partial charge >= 0.3 is 0 Å². The zero-order valence-electron chi connectivity index (χ0n) is 10.7. The van der Waals surface area contributed by atoms with Crippen molar-refractivity contribution in [2.75, 3.05) is 13.7 Å². The molecule has 4 heteroatoms. The third kappa shape index (κ3) is 2.94. The smallest absolute Gasteiger partial charge is 0.257 e. The van der Waals surface area contributed by atoms with Crippen molar-refractivity contribution in [1.82, 2.24) is 5.32 Å². The van der Waals surface area contributed by atoms with Gasteiger partial charge in [0.2, 0.25) is 0 Å². The molecule has 0 aliphatic rings. The van der Waals surface area contributed by atoms with Gasteiger partial charge in [0.1, 0.15) is 5.75 Å². The minimum Gasteiger partial charge on any atom is -0.496 e. The van der Waals surface area contributed by atoms with Crippen LogP contribution in [0.3, 0.4) is 0 Å². The first kappa shape index (κ1) is 13.9. The maximum Gasteiger partial charge on any atom is 0.257 e. The molecule has 1 atom stereocenters. The molecule has 0 saturated carbocycles. The van der Waals surface area contributed by atoms with Gasteiger partial charge in [0, 0.05) is 5.56 Å². The first-order chi connectivity index (χ1) is 8.02. The number of nitrogens with one attached hydrogen (secondary N) is 1. The van der Waals surface area contributed by atoms with Crippen molar-refractivity contribution in [2.24, 2.45) is 0 Å². The predicted molar refractivity (Wildman–Crippen MR) is 64.9 cm³/mol. The summed E-state index contributed by atoms with van der Waals surface area (Å²) >= 11 is 0. The minimum absolute atomic E-state index is 0.491. The lowest BCUT2D eigenvalue weighted by Gasteiger charge is -2.21. The van der Waals surface area contributed by atoms with Crippen molar-refractivity contribution < 1.29 is 13.5 Å². The topological polar surface area (TPSA) is 21.3 Å². The summed E-state index contributed by atoms with van der Waals surface area (Å²) in [6.45, 7) is 6.12. The van der Waals surface area contributed by atoms with Gasteiger partial charge in [0.25, 0.3) is 6.43 Å². The average molecular weight is 243 g/mol. The van der Waals surface area contributed by atoms with E-state index in [1.165, 1.54) is 7.11 Å². The molecule has 0 amide bonds. The van der Waals surface area contributed by atoms with E-state index in [-0.39, 0.29) is 0 Å². The Bertz CT molecular complexity index is 380. The molecular formula is C13H19F2NO. The van der Waals surface area contributed by atoms with Gasteiger partial charge in [-0.05, 0) is 31.5 Å². The van der Waals surface area contributed by atoms with Gasteiger partial charge in [0.05, 0.1) is 13.2 Å². The van der Waals surface area contributed by atoms with E-state index in [2.05, 4.69) is 5.32 Å².